The largest absolute Gasteiger partial charge is 0.334 e. The molecule has 29 heavy (non-hydrogen) atoms. The highest BCUT2D eigenvalue weighted by molar-refractivity contribution is 5.64. The molecule has 1 saturated heterocycles. The number of nitrogens with one attached hydrogen (secondary N) is 1. The average Bonchev–Trinajstić information content (AvgIpc) is 2.75. The van der Waals surface area contributed by atoms with E-state index in [4.69, 9.17) is 0 Å². The Morgan fingerprint density at radius 2 is 1.97 bits per heavy atom. The Bertz CT molecular complexity index is 996. The van der Waals surface area contributed by atoms with Gasteiger partial charge in [-0.25, -0.2) is 0 Å². The second-order valence-electron chi connectivity index (χ2n) is 9.45. The van der Waals surface area contributed by atoms with Crippen LogP contribution in [0.15, 0.2) is 41.2 Å². The van der Waals surface area contributed by atoms with Crippen LogP contribution in [-0.4, -0.2) is 24.2 Å². The second-order valence-corrected chi connectivity index (χ2v) is 9.45. The molecule has 0 radical (unpaired) electrons. The second kappa shape index (κ2) is 7.80. The van der Waals surface area contributed by atoms with Crippen molar-refractivity contribution in [3.63, 3.8) is 0 Å². The minimum absolute atomic E-state index is 0.114. The van der Waals surface area contributed by atoms with Crippen LogP contribution in [-0.2, 0) is 6.54 Å². The Balaban J connectivity index is 1.40. The Kier molecular flexibility index (Phi) is 5.01. The monoisotopic (exact) mass is 388 g/mol. The van der Waals surface area contributed by atoms with Crippen LogP contribution in [0.3, 0.4) is 0 Å². The molecule has 0 spiro atoms. The number of nitriles is 1. The van der Waals surface area contributed by atoms with Crippen LogP contribution >= 0.6 is 0 Å². The molecule has 5 rings (SSSR count). The van der Waals surface area contributed by atoms with E-state index < -0.39 is 0 Å². The number of pyridine rings is 1. The summed E-state index contributed by atoms with van der Waals surface area (Å²) in [7, 11) is 0. The molecular weight excluding hydrogens is 358 g/mol. The van der Waals surface area contributed by atoms with Crippen LogP contribution in [0.4, 0.5) is 0 Å². The summed E-state index contributed by atoms with van der Waals surface area (Å²) < 4.78 is 2.05. The van der Waals surface area contributed by atoms with Gasteiger partial charge in [-0.3, -0.25) is 4.79 Å². The fraction of sp³-hybridized carbons (Fsp3) is 0.520. The van der Waals surface area contributed by atoms with Crippen molar-refractivity contribution in [1.82, 2.24) is 4.57 Å². The standard InChI is InChI=1S/C25H29N3O/c26-13-19-7-4-8-21(11-19)23-9-10-24-22-12-20(16-28(24)25(23)29)15-27(17-22)14-18-5-2-1-3-6-18/h4,7-11,18,20,22H,1-3,5-6,12,14-17H2/p+1/t20-,22+/m0/s1. The van der Waals surface area contributed by atoms with Crippen molar-refractivity contribution in [2.75, 3.05) is 19.6 Å². The minimum Gasteiger partial charge on any atom is -0.334 e. The number of nitrogens with zero attached hydrogens (tertiary/aromatic N) is 2. The fourth-order valence-electron chi connectivity index (χ4n) is 6.11. The number of rotatable bonds is 3. The molecule has 1 aromatic carbocycles. The fourth-order valence-corrected chi connectivity index (χ4v) is 6.11. The van der Waals surface area contributed by atoms with Crippen molar-refractivity contribution in [2.45, 2.75) is 51.0 Å². The van der Waals surface area contributed by atoms with Crippen molar-refractivity contribution >= 4 is 0 Å². The van der Waals surface area contributed by atoms with Gasteiger partial charge in [0.2, 0.25) is 0 Å². The quantitative estimate of drug-likeness (QED) is 0.879. The zero-order valence-electron chi connectivity index (χ0n) is 17.1. The minimum atomic E-state index is 0.114. The summed E-state index contributed by atoms with van der Waals surface area (Å²) in [5.74, 6) is 2.03. The SMILES string of the molecule is N#Cc1cccc(-c2ccc3n(c2=O)C[C@H]2C[C@@H]3C[NH+](CC3CCCCC3)C2)c1. The molecule has 2 aromatic rings. The summed E-state index contributed by atoms with van der Waals surface area (Å²) in [4.78, 5) is 15.1. The summed E-state index contributed by atoms with van der Waals surface area (Å²) >= 11 is 0. The molecule has 1 N–H and O–H groups in total. The molecule has 2 fully saturated rings. The van der Waals surface area contributed by atoms with Gasteiger partial charge < -0.3 is 9.47 Å². The van der Waals surface area contributed by atoms with E-state index >= 15 is 0 Å². The van der Waals surface area contributed by atoms with Crippen molar-refractivity contribution in [3.8, 4) is 17.2 Å². The van der Waals surface area contributed by atoms with Gasteiger partial charge in [-0.15, -0.1) is 0 Å². The Hall–Kier alpha value is -2.38. The van der Waals surface area contributed by atoms with Gasteiger partial charge in [0.1, 0.15) is 0 Å². The lowest BCUT2D eigenvalue weighted by Gasteiger charge is -2.41. The Labute approximate surface area is 172 Å². The zero-order valence-corrected chi connectivity index (χ0v) is 17.1. The summed E-state index contributed by atoms with van der Waals surface area (Å²) in [6.45, 7) is 4.57. The molecule has 1 saturated carbocycles. The van der Waals surface area contributed by atoms with E-state index in [9.17, 15) is 10.1 Å². The maximum absolute atomic E-state index is 13.3. The van der Waals surface area contributed by atoms with E-state index in [1.54, 1.807) is 11.0 Å². The average molecular weight is 389 g/mol. The molecule has 1 aliphatic carbocycles. The first-order chi connectivity index (χ1) is 14.2. The van der Waals surface area contributed by atoms with E-state index in [1.165, 1.54) is 63.9 Å². The number of piperidine rings is 1. The van der Waals surface area contributed by atoms with Gasteiger partial charge in [0.25, 0.3) is 5.56 Å². The van der Waals surface area contributed by atoms with Crippen LogP contribution in [0, 0.1) is 23.2 Å². The lowest BCUT2D eigenvalue weighted by atomic mass is 9.81. The lowest BCUT2D eigenvalue weighted by Crippen LogP contribution is -3.15. The zero-order chi connectivity index (χ0) is 19.8. The number of aromatic nitrogens is 1. The van der Waals surface area contributed by atoms with Crippen LogP contribution < -0.4 is 10.5 Å². The Morgan fingerprint density at radius 1 is 1.10 bits per heavy atom. The first-order valence-electron chi connectivity index (χ1n) is 11.3. The van der Waals surface area contributed by atoms with Gasteiger partial charge in [-0.2, -0.15) is 5.26 Å². The summed E-state index contributed by atoms with van der Waals surface area (Å²) in [6.07, 6.45) is 8.32. The summed E-state index contributed by atoms with van der Waals surface area (Å²) in [5.41, 5.74) is 3.51. The predicted octanol–water partition coefficient (Wildman–Crippen LogP) is 2.97. The Morgan fingerprint density at radius 3 is 2.79 bits per heavy atom. The molecule has 2 aliphatic heterocycles. The number of benzene rings is 1. The molecule has 3 heterocycles. The number of hydrogen-bond donors (Lipinski definition) is 1. The first kappa shape index (κ1) is 18.6. The topological polar surface area (TPSA) is 50.2 Å². The van der Waals surface area contributed by atoms with Crippen molar-refractivity contribution in [2.24, 2.45) is 11.8 Å². The van der Waals surface area contributed by atoms with E-state index in [1.807, 2.05) is 28.8 Å². The molecule has 2 bridgehead atoms. The van der Waals surface area contributed by atoms with Gasteiger partial charge in [0, 0.05) is 35.6 Å². The van der Waals surface area contributed by atoms with E-state index in [0.29, 0.717) is 17.4 Å². The maximum Gasteiger partial charge on any atom is 0.258 e. The third-order valence-corrected chi connectivity index (χ3v) is 7.40. The maximum atomic E-state index is 13.3. The van der Waals surface area contributed by atoms with Crippen molar-refractivity contribution in [3.05, 3.63) is 58.0 Å². The highest BCUT2D eigenvalue weighted by Crippen LogP contribution is 2.32. The van der Waals surface area contributed by atoms with Crippen molar-refractivity contribution in [1.29, 1.82) is 5.26 Å². The third-order valence-electron chi connectivity index (χ3n) is 7.40. The molecule has 4 nitrogen and oxygen atoms in total. The van der Waals surface area contributed by atoms with Gasteiger partial charge in [-0.1, -0.05) is 31.4 Å². The van der Waals surface area contributed by atoms with Gasteiger partial charge >= 0.3 is 0 Å². The highest BCUT2D eigenvalue weighted by atomic mass is 16.1. The molecule has 1 unspecified atom stereocenters. The number of quaternary nitrogens is 1. The van der Waals surface area contributed by atoms with E-state index in [2.05, 4.69) is 12.1 Å². The smallest absolute Gasteiger partial charge is 0.258 e. The summed E-state index contributed by atoms with van der Waals surface area (Å²) in [6, 6.07) is 13.7. The van der Waals surface area contributed by atoms with Crippen LogP contribution in [0.5, 0.6) is 0 Å². The van der Waals surface area contributed by atoms with E-state index in [-0.39, 0.29) is 5.56 Å². The third kappa shape index (κ3) is 3.65. The highest BCUT2D eigenvalue weighted by Gasteiger charge is 2.38. The number of fused-ring (bicyclic) bond motifs is 4. The molecular formula is C25H30N3O+. The van der Waals surface area contributed by atoms with Gasteiger partial charge in [-0.05, 0) is 49.1 Å². The van der Waals surface area contributed by atoms with Crippen LogP contribution in [0.2, 0.25) is 0 Å². The van der Waals surface area contributed by atoms with Gasteiger partial charge in [0.15, 0.2) is 0 Å². The number of likely N-dealkylation sites (tertiary alicyclic amines) is 1. The normalized spacial score (nSPS) is 26.5. The molecule has 0 amide bonds. The van der Waals surface area contributed by atoms with Crippen LogP contribution in [0.1, 0.15) is 55.7 Å². The molecule has 3 atom stereocenters. The van der Waals surface area contributed by atoms with E-state index in [0.717, 1.165) is 23.6 Å². The predicted molar refractivity (Wildman–Crippen MR) is 114 cm³/mol. The lowest BCUT2D eigenvalue weighted by molar-refractivity contribution is -0.914. The summed E-state index contributed by atoms with van der Waals surface area (Å²) in [5, 5.41) is 9.19. The molecule has 3 aliphatic rings. The van der Waals surface area contributed by atoms with Crippen LogP contribution in [0.25, 0.3) is 11.1 Å². The molecule has 150 valence electrons. The van der Waals surface area contributed by atoms with Crippen molar-refractivity contribution < 1.29 is 4.90 Å². The first-order valence-corrected chi connectivity index (χ1v) is 11.3. The molecule has 4 heteroatoms. The number of hydrogen-bond acceptors (Lipinski definition) is 2. The van der Waals surface area contributed by atoms with Gasteiger partial charge in [0.05, 0.1) is 31.3 Å². The molecule has 1 aromatic heterocycles.